The normalized spacial score (nSPS) is 14.9. The van der Waals surface area contributed by atoms with Crippen molar-refractivity contribution in [2.75, 3.05) is 5.73 Å². The molecule has 0 bridgehead atoms. The number of hydrogen-bond acceptors (Lipinski definition) is 4. The third kappa shape index (κ3) is 2.03. The summed E-state index contributed by atoms with van der Waals surface area (Å²) in [5, 5.41) is 7.27. The molecule has 6 heteroatoms. The van der Waals surface area contributed by atoms with Gasteiger partial charge in [-0.2, -0.15) is 0 Å². The zero-order valence-corrected chi connectivity index (χ0v) is 10.8. The SMILES string of the molecule is Cc1ccc(Sc2n[nH]c(=O)n2C2CC2)c(N)c1. The van der Waals surface area contributed by atoms with Crippen LogP contribution >= 0.6 is 11.8 Å². The highest BCUT2D eigenvalue weighted by Crippen LogP contribution is 2.38. The minimum Gasteiger partial charge on any atom is -0.398 e. The summed E-state index contributed by atoms with van der Waals surface area (Å²) >= 11 is 1.43. The van der Waals surface area contributed by atoms with Gasteiger partial charge in [0.15, 0.2) is 5.16 Å². The summed E-state index contributed by atoms with van der Waals surface area (Å²) in [4.78, 5) is 12.6. The molecule has 3 rings (SSSR count). The Morgan fingerprint density at radius 3 is 2.94 bits per heavy atom. The minimum absolute atomic E-state index is 0.134. The number of H-pyrrole nitrogens is 1. The Kier molecular flexibility index (Phi) is 2.66. The van der Waals surface area contributed by atoms with Gasteiger partial charge in [0.25, 0.3) is 0 Å². The van der Waals surface area contributed by atoms with Gasteiger partial charge in [-0.3, -0.25) is 4.57 Å². The van der Waals surface area contributed by atoms with Crippen molar-refractivity contribution in [2.45, 2.75) is 35.9 Å². The molecular formula is C12H14N4OS. The van der Waals surface area contributed by atoms with Crippen LogP contribution in [0.5, 0.6) is 0 Å². The summed E-state index contributed by atoms with van der Waals surface area (Å²) in [7, 11) is 0. The number of nitrogens with one attached hydrogen (secondary N) is 1. The summed E-state index contributed by atoms with van der Waals surface area (Å²) in [6.45, 7) is 2.00. The smallest absolute Gasteiger partial charge is 0.344 e. The van der Waals surface area contributed by atoms with Gasteiger partial charge in [0.05, 0.1) is 0 Å². The monoisotopic (exact) mass is 262 g/mol. The first-order chi connectivity index (χ1) is 8.65. The molecule has 0 radical (unpaired) electrons. The standard InChI is InChI=1S/C12H14N4OS/c1-7-2-5-10(9(13)6-7)18-12-15-14-11(17)16(12)8-3-4-8/h2,5-6,8H,3-4,13H2,1H3,(H,14,17). The van der Waals surface area contributed by atoms with E-state index >= 15 is 0 Å². The molecule has 1 saturated carbocycles. The van der Waals surface area contributed by atoms with Crippen LogP contribution in [-0.4, -0.2) is 14.8 Å². The maximum Gasteiger partial charge on any atom is 0.344 e. The third-order valence-corrected chi connectivity index (χ3v) is 4.01. The molecule has 18 heavy (non-hydrogen) atoms. The topological polar surface area (TPSA) is 76.7 Å². The zero-order valence-electron chi connectivity index (χ0n) is 10.0. The molecule has 0 unspecified atom stereocenters. The van der Waals surface area contributed by atoms with Gasteiger partial charge in [0.1, 0.15) is 0 Å². The van der Waals surface area contributed by atoms with E-state index in [1.165, 1.54) is 11.8 Å². The second-order valence-corrected chi connectivity index (χ2v) is 5.56. The van der Waals surface area contributed by atoms with E-state index in [-0.39, 0.29) is 5.69 Å². The highest BCUT2D eigenvalue weighted by molar-refractivity contribution is 7.99. The predicted molar refractivity (Wildman–Crippen MR) is 70.8 cm³/mol. The van der Waals surface area contributed by atoms with Crippen LogP contribution in [-0.2, 0) is 0 Å². The van der Waals surface area contributed by atoms with Gasteiger partial charge in [-0.15, -0.1) is 5.10 Å². The molecule has 1 aromatic carbocycles. The van der Waals surface area contributed by atoms with Crippen LogP contribution < -0.4 is 11.4 Å². The van der Waals surface area contributed by atoms with E-state index in [4.69, 9.17) is 5.73 Å². The van der Waals surface area contributed by atoms with Crippen molar-refractivity contribution in [2.24, 2.45) is 0 Å². The molecule has 1 fully saturated rings. The van der Waals surface area contributed by atoms with E-state index in [1.807, 2.05) is 25.1 Å². The molecule has 1 aromatic heterocycles. The maximum atomic E-state index is 11.7. The van der Waals surface area contributed by atoms with Gasteiger partial charge in [0, 0.05) is 16.6 Å². The number of rotatable bonds is 3. The molecule has 1 aliphatic carbocycles. The molecule has 3 N–H and O–H groups in total. The predicted octanol–water partition coefficient (Wildman–Crippen LogP) is 1.95. The number of nitrogens with two attached hydrogens (primary N) is 1. The third-order valence-electron chi connectivity index (χ3n) is 2.95. The first-order valence-electron chi connectivity index (χ1n) is 5.86. The van der Waals surface area contributed by atoms with E-state index in [0.717, 1.165) is 29.0 Å². The molecule has 0 atom stereocenters. The molecule has 94 valence electrons. The van der Waals surface area contributed by atoms with Gasteiger partial charge in [-0.1, -0.05) is 6.07 Å². The second-order valence-electron chi connectivity index (χ2n) is 4.56. The number of aromatic nitrogens is 3. The first-order valence-corrected chi connectivity index (χ1v) is 6.67. The van der Waals surface area contributed by atoms with Gasteiger partial charge >= 0.3 is 5.69 Å². The number of nitrogen functional groups attached to an aromatic ring is 1. The van der Waals surface area contributed by atoms with Crippen LogP contribution in [0.25, 0.3) is 0 Å². The molecule has 0 saturated heterocycles. The van der Waals surface area contributed by atoms with Gasteiger partial charge in [-0.25, -0.2) is 9.89 Å². The number of hydrogen-bond donors (Lipinski definition) is 2. The van der Waals surface area contributed by atoms with Crippen molar-refractivity contribution >= 4 is 17.4 Å². The van der Waals surface area contributed by atoms with Crippen molar-refractivity contribution < 1.29 is 0 Å². The highest BCUT2D eigenvalue weighted by atomic mass is 32.2. The average molecular weight is 262 g/mol. The fourth-order valence-corrected chi connectivity index (χ4v) is 2.81. The number of benzene rings is 1. The van der Waals surface area contributed by atoms with Crippen molar-refractivity contribution in [3.8, 4) is 0 Å². The average Bonchev–Trinajstić information content (AvgIpc) is 3.08. The minimum atomic E-state index is -0.134. The summed E-state index contributed by atoms with van der Waals surface area (Å²) in [5.41, 5.74) is 7.68. The lowest BCUT2D eigenvalue weighted by Crippen LogP contribution is -2.16. The van der Waals surface area contributed by atoms with E-state index in [1.54, 1.807) is 4.57 Å². The largest absolute Gasteiger partial charge is 0.398 e. The molecule has 0 spiro atoms. The number of nitrogens with zero attached hydrogens (tertiary/aromatic N) is 2. The van der Waals surface area contributed by atoms with Crippen molar-refractivity contribution in [1.29, 1.82) is 0 Å². The van der Waals surface area contributed by atoms with Gasteiger partial charge < -0.3 is 5.73 Å². The highest BCUT2D eigenvalue weighted by Gasteiger charge is 2.28. The Bertz CT molecular complexity index is 642. The lowest BCUT2D eigenvalue weighted by molar-refractivity contribution is 0.642. The van der Waals surface area contributed by atoms with E-state index in [9.17, 15) is 4.79 Å². The lowest BCUT2D eigenvalue weighted by Gasteiger charge is -2.06. The molecule has 1 aliphatic rings. The molecule has 1 heterocycles. The maximum absolute atomic E-state index is 11.7. The van der Waals surface area contributed by atoms with E-state index in [0.29, 0.717) is 11.2 Å². The van der Waals surface area contributed by atoms with Crippen LogP contribution in [0.4, 0.5) is 5.69 Å². The van der Waals surface area contributed by atoms with Crippen LogP contribution in [0.15, 0.2) is 33.0 Å². The number of aryl methyl sites for hydroxylation is 1. The Morgan fingerprint density at radius 2 is 2.28 bits per heavy atom. The number of aromatic amines is 1. The van der Waals surface area contributed by atoms with Crippen LogP contribution in [0.3, 0.4) is 0 Å². The van der Waals surface area contributed by atoms with Gasteiger partial charge in [-0.05, 0) is 49.2 Å². The summed E-state index contributed by atoms with van der Waals surface area (Å²) in [6, 6.07) is 6.20. The Balaban J connectivity index is 1.94. The molecule has 2 aromatic rings. The zero-order chi connectivity index (χ0) is 12.7. The fraction of sp³-hybridized carbons (Fsp3) is 0.333. The van der Waals surface area contributed by atoms with Crippen molar-refractivity contribution in [3.63, 3.8) is 0 Å². The Morgan fingerprint density at radius 1 is 1.50 bits per heavy atom. The van der Waals surface area contributed by atoms with Gasteiger partial charge in [0.2, 0.25) is 0 Å². The Labute approximate surface area is 108 Å². The Hall–Kier alpha value is -1.69. The summed E-state index contributed by atoms with van der Waals surface area (Å²) in [5.74, 6) is 0. The second kappa shape index (κ2) is 4.20. The van der Waals surface area contributed by atoms with Crippen LogP contribution in [0.2, 0.25) is 0 Å². The molecule has 0 amide bonds. The fourth-order valence-electron chi connectivity index (χ4n) is 1.88. The van der Waals surface area contributed by atoms with E-state index < -0.39 is 0 Å². The quantitative estimate of drug-likeness (QED) is 0.829. The summed E-state index contributed by atoms with van der Waals surface area (Å²) < 4.78 is 1.73. The van der Waals surface area contributed by atoms with Crippen molar-refractivity contribution in [1.82, 2.24) is 14.8 Å². The number of anilines is 1. The summed E-state index contributed by atoms with van der Waals surface area (Å²) in [6.07, 6.45) is 2.10. The molecular weight excluding hydrogens is 248 g/mol. The molecule has 5 nitrogen and oxygen atoms in total. The van der Waals surface area contributed by atoms with Crippen LogP contribution in [0, 0.1) is 6.92 Å². The van der Waals surface area contributed by atoms with E-state index in [2.05, 4.69) is 10.2 Å². The van der Waals surface area contributed by atoms with Crippen molar-refractivity contribution in [3.05, 3.63) is 34.2 Å². The lowest BCUT2D eigenvalue weighted by atomic mass is 10.2. The molecule has 0 aliphatic heterocycles. The van der Waals surface area contributed by atoms with Crippen LogP contribution in [0.1, 0.15) is 24.4 Å². The first kappa shape index (κ1) is 11.4.